The van der Waals surface area contributed by atoms with E-state index in [2.05, 4.69) is 43.8 Å². The summed E-state index contributed by atoms with van der Waals surface area (Å²) in [5.41, 5.74) is 2.15. The van der Waals surface area contributed by atoms with E-state index in [0.29, 0.717) is 46.2 Å². The van der Waals surface area contributed by atoms with Gasteiger partial charge in [-0.3, -0.25) is 4.79 Å². The molecule has 3 aromatic carbocycles. The molecular weight excluding hydrogens is 611 g/mol. The molecule has 1 N–H and O–H groups in total. The molecule has 0 spiro atoms. The largest absolute Gasteiger partial charge is 0.494 e. The molecule has 0 aromatic heterocycles. The monoisotopic (exact) mass is 632 g/mol. The van der Waals surface area contributed by atoms with E-state index in [4.69, 9.17) is 14.2 Å². The maximum atomic E-state index is 12.7. The van der Waals surface area contributed by atoms with Crippen LogP contribution >= 0.6 is 38.5 Å². The van der Waals surface area contributed by atoms with Crippen LogP contribution in [-0.2, 0) is 11.4 Å². The average molecular weight is 633 g/mol. The molecule has 0 aliphatic carbocycles. The lowest BCUT2D eigenvalue weighted by Gasteiger charge is -2.13. The third-order valence-corrected chi connectivity index (χ3v) is 6.08. The van der Waals surface area contributed by atoms with Crippen LogP contribution < -0.4 is 19.5 Å². The van der Waals surface area contributed by atoms with Gasteiger partial charge < -0.3 is 19.5 Å². The Morgan fingerprint density at radius 3 is 2.41 bits per heavy atom. The first-order valence-corrected chi connectivity index (χ1v) is 12.2. The van der Waals surface area contributed by atoms with Crippen molar-refractivity contribution < 1.29 is 19.0 Å². The zero-order valence-electron chi connectivity index (χ0n) is 18.6. The number of anilines is 1. The van der Waals surface area contributed by atoms with Gasteiger partial charge >= 0.3 is 0 Å². The van der Waals surface area contributed by atoms with Crippen molar-refractivity contribution in [2.45, 2.75) is 13.5 Å². The molecule has 0 heterocycles. The van der Waals surface area contributed by atoms with E-state index in [1.165, 1.54) is 13.2 Å². The van der Waals surface area contributed by atoms with Crippen LogP contribution in [0.5, 0.6) is 17.2 Å². The number of nitriles is 1. The molecule has 34 heavy (non-hydrogen) atoms. The standard InChI is InChI=1S/C26H22BrIN2O4/c1-3-33-22-10-8-21(9-11-22)30-26(31)19(15-29)12-18-13-24(32-2)25(14-23(18)27)34-16-17-4-6-20(28)7-5-17/h4-14H,3,16H2,1-2H3,(H,30,31)/b19-12-. The lowest BCUT2D eigenvalue weighted by Crippen LogP contribution is -2.13. The first-order valence-electron chi connectivity index (χ1n) is 10.3. The van der Waals surface area contributed by atoms with Crippen LogP contribution in [-0.4, -0.2) is 19.6 Å². The Morgan fingerprint density at radius 1 is 1.09 bits per heavy atom. The molecule has 0 aliphatic rings. The van der Waals surface area contributed by atoms with Crippen LogP contribution in [0.1, 0.15) is 18.1 Å². The van der Waals surface area contributed by atoms with E-state index in [9.17, 15) is 10.1 Å². The number of nitrogens with one attached hydrogen (secondary N) is 1. The van der Waals surface area contributed by atoms with Crippen LogP contribution in [0, 0.1) is 14.9 Å². The maximum absolute atomic E-state index is 12.7. The average Bonchev–Trinajstić information content (AvgIpc) is 2.84. The van der Waals surface area contributed by atoms with Crippen molar-refractivity contribution in [1.29, 1.82) is 5.26 Å². The van der Waals surface area contributed by atoms with Gasteiger partial charge in [0, 0.05) is 13.7 Å². The van der Waals surface area contributed by atoms with Gasteiger partial charge in [-0.25, -0.2) is 0 Å². The number of carbonyl (C=O) groups is 1. The second-order valence-electron chi connectivity index (χ2n) is 7.02. The molecule has 0 bridgehead atoms. The van der Waals surface area contributed by atoms with Crippen LogP contribution in [0.25, 0.3) is 6.08 Å². The Kier molecular flexibility index (Phi) is 9.36. The van der Waals surface area contributed by atoms with Crippen molar-refractivity contribution >= 4 is 56.2 Å². The van der Waals surface area contributed by atoms with Crippen molar-refractivity contribution in [1.82, 2.24) is 0 Å². The summed E-state index contributed by atoms with van der Waals surface area (Å²) in [4.78, 5) is 12.7. The lowest BCUT2D eigenvalue weighted by molar-refractivity contribution is -0.112. The first kappa shape index (κ1) is 25.6. The van der Waals surface area contributed by atoms with Crippen LogP contribution in [0.2, 0.25) is 0 Å². The highest BCUT2D eigenvalue weighted by atomic mass is 127. The third-order valence-electron chi connectivity index (χ3n) is 4.68. The molecule has 3 aromatic rings. The number of hydrogen-bond donors (Lipinski definition) is 1. The number of nitrogens with zero attached hydrogens (tertiary/aromatic N) is 1. The number of methoxy groups -OCH3 is 1. The van der Waals surface area contributed by atoms with Crippen LogP contribution in [0.3, 0.4) is 0 Å². The normalized spacial score (nSPS) is 10.9. The number of carbonyl (C=O) groups excluding carboxylic acids is 1. The summed E-state index contributed by atoms with van der Waals surface area (Å²) < 4.78 is 18.6. The number of rotatable bonds is 9. The third kappa shape index (κ3) is 6.98. The number of hydrogen-bond acceptors (Lipinski definition) is 5. The Bertz CT molecular complexity index is 1220. The summed E-state index contributed by atoms with van der Waals surface area (Å²) in [6, 6.07) is 20.4. The van der Waals surface area contributed by atoms with Crippen molar-refractivity contribution in [2.75, 3.05) is 19.0 Å². The minimum absolute atomic E-state index is 0.0517. The van der Waals surface area contributed by atoms with E-state index in [1.54, 1.807) is 36.4 Å². The van der Waals surface area contributed by atoms with Gasteiger partial charge in [-0.15, -0.1) is 0 Å². The quantitative estimate of drug-likeness (QED) is 0.164. The Hall–Kier alpha value is -3.03. The van der Waals surface area contributed by atoms with E-state index in [1.807, 2.05) is 37.3 Å². The van der Waals surface area contributed by atoms with Gasteiger partial charge in [0.2, 0.25) is 0 Å². The van der Waals surface area contributed by atoms with Crippen molar-refractivity contribution in [3.63, 3.8) is 0 Å². The highest BCUT2D eigenvalue weighted by Gasteiger charge is 2.14. The fourth-order valence-corrected chi connectivity index (χ4v) is 3.78. The molecular formula is C26H22BrIN2O4. The molecule has 0 saturated heterocycles. The SMILES string of the molecule is CCOc1ccc(NC(=O)/C(C#N)=C\c2cc(OC)c(OCc3ccc(I)cc3)cc2Br)cc1. The van der Waals surface area contributed by atoms with E-state index >= 15 is 0 Å². The summed E-state index contributed by atoms with van der Waals surface area (Å²) in [6.07, 6.45) is 1.50. The Balaban J connectivity index is 1.77. The predicted octanol–water partition coefficient (Wildman–Crippen LogP) is 6.59. The molecule has 1 amide bonds. The highest BCUT2D eigenvalue weighted by molar-refractivity contribution is 14.1. The van der Waals surface area contributed by atoms with Gasteiger partial charge in [0.1, 0.15) is 24.0 Å². The fourth-order valence-electron chi connectivity index (χ4n) is 2.98. The first-order chi connectivity index (χ1) is 16.4. The number of halogens is 2. The molecule has 0 atom stereocenters. The summed E-state index contributed by atoms with van der Waals surface area (Å²) in [7, 11) is 1.54. The van der Waals surface area contributed by atoms with Gasteiger partial charge in [-0.2, -0.15) is 5.26 Å². The lowest BCUT2D eigenvalue weighted by atomic mass is 10.1. The van der Waals surface area contributed by atoms with Gasteiger partial charge in [0.05, 0.1) is 13.7 Å². The van der Waals surface area contributed by atoms with Gasteiger partial charge in [-0.05, 0) is 95.2 Å². The van der Waals surface area contributed by atoms with Crippen LogP contribution in [0.15, 0.2) is 70.7 Å². The van der Waals surface area contributed by atoms with Crippen LogP contribution in [0.4, 0.5) is 5.69 Å². The topological polar surface area (TPSA) is 80.6 Å². The second kappa shape index (κ2) is 12.4. The predicted molar refractivity (Wildman–Crippen MR) is 144 cm³/mol. The Labute approximate surface area is 220 Å². The number of ether oxygens (including phenoxy) is 3. The molecule has 0 saturated carbocycles. The number of benzene rings is 3. The molecule has 0 fully saturated rings. The molecule has 0 unspecified atom stereocenters. The summed E-state index contributed by atoms with van der Waals surface area (Å²) in [5.74, 6) is 1.22. The molecule has 174 valence electrons. The molecule has 6 nitrogen and oxygen atoms in total. The fraction of sp³-hybridized carbons (Fsp3) is 0.154. The smallest absolute Gasteiger partial charge is 0.266 e. The maximum Gasteiger partial charge on any atom is 0.266 e. The molecule has 3 rings (SSSR count). The van der Waals surface area contributed by atoms with Crippen molar-refractivity contribution in [2.24, 2.45) is 0 Å². The van der Waals surface area contributed by atoms with E-state index < -0.39 is 5.91 Å². The summed E-state index contributed by atoms with van der Waals surface area (Å²) in [6.45, 7) is 2.83. The van der Waals surface area contributed by atoms with Gasteiger partial charge in [-0.1, -0.05) is 28.1 Å². The van der Waals surface area contributed by atoms with E-state index in [0.717, 1.165) is 9.13 Å². The minimum Gasteiger partial charge on any atom is -0.494 e. The highest BCUT2D eigenvalue weighted by Crippen LogP contribution is 2.35. The van der Waals surface area contributed by atoms with Crippen molar-refractivity contribution in [3.8, 4) is 23.3 Å². The van der Waals surface area contributed by atoms with Gasteiger partial charge in [0.25, 0.3) is 5.91 Å². The summed E-state index contributed by atoms with van der Waals surface area (Å²) in [5, 5.41) is 12.3. The zero-order valence-corrected chi connectivity index (χ0v) is 22.3. The Morgan fingerprint density at radius 2 is 1.79 bits per heavy atom. The minimum atomic E-state index is -0.517. The molecule has 0 aliphatic heterocycles. The van der Waals surface area contributed by atoms with E-state index in [-0.39, 0.29) is 5.57 Å². The summed E-state index contributed by atoms with van der Waals surface area (Å²) >= 11 is 5.76. The second-order valence-corrected chi connectivity index (χ2v) is 9.12. The van der Waals surface area contributed by atoms with Crippen molar-refractivity contribution in [3.05, 3.63) is 85.4 Å². The molecule has 8 heteroatoms. The molecule has 0 radical (unpaired) electrons. The zero-order chi connectivity index (χ0) is 24.5. The van der Waals surface area contributed by atoms with Gasteiger partial charge in [0.15, 0.2) is 11.5 Å². The number of amides is 1.